The number of aliphatic hydroxyl groups is 1. The van der Waals surface area contributed by atoms with E-state index in [9.17, 15) is 13.9 Å². The minimum absolute atomic E-state index is 0.251. The highest BCUT2D eigenvalue weighted by Gasteiger charge is 2.49. The summed E-state index contributed by atoms with van der Waals surface area (Å²) in [6.45, 7) is 0. The molecule has 1 heterocycles. The van der Waals surface area contributed by atoms with E-state index in [-0.39, 0.29) is 18.8 Å². The first kappa shape index (κ1) is 9.51. The fraction of sp³-hybridized carbons (Fsp3) is 0.750. The summed E-state index contributed by atoms with van der Waals surface area (Å²) in [7, 11) is 1.63. The average Bonchev–Trinajstić information content (AvgIpc) is 2.45. The van der Waals surface area contributed by atoms with E-state index in [0.29, 0.717) is 5.69 Å². The molecule has 1 fully saturated rings. The zero-order valence-corrected chi connectivity index (χ0v) is 7.69. The van der Waals surface area contributed by atoms with Crippen LogP contribution < -0.4 is 0 Å². The fourth-order valence-electron chi connectivity index (χ4n) is 1.74. The molecule has 1 atom stereocenters. The van der Waals surface area contributed by atoms with Crippen LogP contribution in [0.3, 0.4) is 0 Å². The Morgan fingerprint density at radius 1 is 1.64 bits per heavy atom. The van der Waals surface area contributed by atoms with Gasteiger partial charge in [0.2, 0.25) is 5.92 Å². The molecule has 1 aliphatic rings. The van der Waals surface area contributed by atoms with Crippen LogP contribution in [-0.4, -0.2) is 26.0 Å². The van der Waals surface area contributed by atoms with Crippen molar-refractivity contribution >= 4 is 0 Å². The van der Waals surface area contributed by atoms with Crippen LogP contribution in [-0.2, 0) is 7.05 Å². The van der Waals surface area contributed by atoms with Crippen molar-refractivity contribution < 1.29 is 13.9 Å². The van der Waals surface area contributed by atoms with Gasteiger partial charge in [-0.2, -0.15) is 0 Å². The SMILES string of the molecule is Cn1nncc1C(O)C1CC(F)(F)C1. The summed E-state index contributed by atoms with van der Waals surface area (Å²) >= 11 is 0. The molecular formula is C8H11F2N3O. The van der Waals surface area contributed by atoms with Crippen LogP contribution in [0, 0.1) is 5.92 Å². The fourth-order valence-corrected chi connectivity index (χ4v) is 1.74. The van der Waals surface area contributed by atoms with Crippen molar-refractivity contribution in [3.63, 3.8) is 0 Å². The number of nitrogens with zero attached hydrogens (tertiary/aromatic N) is 3. The molecule has 1 aliphatic carbocycles. The van der Waals surface area contributed by atoms with Gasteiger partial charge in [-0.05, 0) is 0 Å². The van der Waals surface area contributed by atoms with Crippen LogP contribution >= 0.6 is 0 Å². The predicted molar refractivity (Wildman–Crippen MR) is 43.6 cm³/mol. The molecule has 1 aromatic heterocycles. The summed E-state index contributed by atoms with van der Waals surface area (Å²) in [6, 6.07) is 0. The van der Waals surface area contributed by atoms with Gasteiger partial charge >= 0.3 is 0 Å². The number of aromatic nitrogens is 3. The van der Waals surface area contributed by atoms with Gasteiger partial charge in [0.25, 0.3) is 0 Å². The van der Waals surface area contributed by atoms with E-state index in [2.05, 4.69) is 10.3 Å². The third-order valence-corrected chi connectivity index (χ3v) is 2.62. The Balaban J connectivity index is 2.04. The van der Waals surface area contributed by atoms with Crippen molar-refractivity contribution in [2.75, 3.05) is 0 Å². The smallest absolute Gasteiger partial charge is 0.248 e. The van der Waals surface area contributed by atoms with Gasteiger partial charge in [0.05, 0.1) is 11.9 Å². The van der Waals surface area contributed by atoms with E-state index in [0.717, 1.165) is 0 Å². The molecule has 0 amide bonds. The summed E-state index contributed by atoms with van der Waals surface area (Å²) < 4.78 is 26.5. The highest BCUT2D eigenvalue weighted by molar-refractivity contribution is 5.04. The van der Waals surface area contributed by atoms with E-state index < -0.39 is 12.0 Å². The van der Waals surface area contributed by atoms with Gasteiger partial charge in [0.1, 0.15) is 6.10 Å². The molecule has 78 valence electrons. The lowest BCUT2D eigenvalue weighted by Crippen LogP contribution is -2.39. The Morgan fingerprint density at radius 2 is 2.29 bits per heavy atom. The van der Waals surface area contributed by atoms with E-state index in [1.807, 2.05) is 0 Å². The number of hydrogen-bond acceptors (Lipinski definition) is 3. The lowest BCUT2D eigenvalue weighted by molar-refractivity contribution is -0.143. The van der Waals surface area contributed by atoms with Gasteiger partial charge < -0.3 is 5.11 Å². The van der Waals surface area contributed by atoms with E-state index >= 15 is 0 Å². The second-order valence-electron chi connectivity index (χ2n) is 3.75. The Kier molecular flexibility index (Phi) is 2.02. The van der Waals surface area contributed by atoms with Crippen LogP contribution in [0.5, 0.6) is 0 Å². The van der Waals surface area contributed by atoms with Crippen molar-refractivity contribution in [2.24, 2.45) is 13.0 Å². The molecule has 1 N–H and O–H groups in total. The summed E-state index contributed by atoms with van der Waals surface area (Å²) in [4.78, 5) is 0. The first-order valence-electron chi connectivity index (χ1n) is 4.40. The summed E-state index contributed by atoms with van der Waals surface area (Å²) in [6.07, 6.45) is 0.0226. The number of aryl methyl sites for hydroxylation is 1. The molecule has 0 bridgehead atoms. The molecule has 0 saturated heterocycles. The van der Waals surface area contributed by atoms with Gasteiger partial charge in [-0.1, -0.05) is 5.21 Å². The van der Waals surface area contributed by atoms with Crippen molar-refractivity contribution in [1.82, 2.24) is 15.0 Å². The first-order chi connectivity index (χ1) is 6.49. The highest BCUT2D eigenvalue weighted by atomic mass is 19.3. The topological polar surface area (TPSA) is 50.9 Å². The minimum atomic E-state index is -2.60. The zero-order valence-electron chi connectivity index (χ0n) is 7.69. The first-order valence-corrected chi connectivity index (χ1v) is 4.40. The van der Waals surface area contributed by atoms with Crippen LogP contribution in [0.15, 0.2) is 6.20 Å². The maximum atomic E-state index is 12.5. The molecular weight excluding hydrogens is 192 g/mol. The molecule has 1 saturated carbocycles. The van der Waals surface area contributed by atoms with Crippen molar-refractivity contribution in [3.8, 4) is 0 Å². The molecule has 4 nitrogen and oxygen atoms in total. The van der Waals surface area contributed by atoms with E-state index in [1.165, 1.54) is 10.9 Å². The summed E-state index contributed by atoms with van der Waals surface area (Å²) in [5.74, 6) is -2.97. The number of hydrogen-bond donors (Lipinski definition) is 1. The van der Waals surface area contributed by atoms with Crippen molar-refractivity contribution in [1.29, 1.82) is 0 Å². The zero-order chi connectivity index (χ0) is 10.3. The number of aliphatic hydroxyl groups excluding tert-OH is 1. The van der Waals surface area contributed by atoms with Gasteiger partial charge in [-0.15, -0.1) is 5.10 Å². The van der Waals surface area contributed by atoms with Crippen LogP contribution in [0.2, 0.25) is 0 Å². The standard InChI is InChI=1S/C8H11F2N3O/c1-13-6(4-11-12-13)7(14)5-2-8(9,10)3-5/h4-5,7,14H,2-3H2,1H3. The number of rotatable bonds is 2. The Hall–Kier alpha value is -1.04. The van der Waals surface area contributed by atoms with Crippen molar-refractivity contribution in [3.05, 3.63) is 11.9 Å². The Morgan fingerprint density at radius 3 is 2.71 bits per heavy atom. The molecule has 0 aromatic carbocycles. The maximum absolute atomic E-state index is 12.5. The summed E-state index contributed by atoms with van der Waals surface area (Å²) in [5.41, 5.74) is 0.491. The third kappa shape index (κ3) is 1.50. The van der Waals surface area contributed by atoms with Gasteiger partial charge in [-0.25, -0.2) is 13.5 Å². The van der Waals surface area contributed by atoms with Crippen LogP contribution in [0.1, 0.15) is 24.6 Å². The molecule has 0 spiro atoms. The third-order valence-electron chi connectivity index (χ3n) is 2.62. The molecule has 6 heteroatoms. The molecule has 14 heavy (non-hydrogen) atoms. The predicted octanol–water partition coefficient (Wildman–Crippen LogP) is 0.894. The number of alkyl halides is 2. The maximum Gasteiger partial charge on any atom is 0.248 e. The molecule has 0 radical (unpaired) electrons. The minimum Gasteiger partial charge on any atom is -0.386 e. The second-order valence-corrected chi connectivity index (χ2v) is 3.75. The normalized spacial score (nSPS) is 23.1. The van der Waals surface area contributed by atoms with Gasteiger partial charge in [-0.3, -0.25) is 0 Å². The molecule has 2 rings (SSSR count). The van der Waals surface area contributed by atoms with Gasteiger partial charge in [0.15, 0.2) is 0 Å². The van der Waals surface area contributed by atoms with E-state index in [1.54, 1.807) is 7.05 Å². The largest absolute Gasteiger partial charge is 0.386 e. The lowest BCUT2D eigenvalue weighted by Gasteiger charge is -2.37. The Labute approximate surface area is 79.5 Å². The summed E-state index contributed by atoms with van der Waals surface area (Å²) in [5, 5.41) is 16.9. The molecule has 1 unspecified atom stereocenters. The highest BCUT2D eigenvalue weighted by Crippen LogP contribution is 2.47. The second kappa shape index (κ2) is 2.98. The van der Waals surface area contributed by atoms with Crippen LogP contribution in [0.25, 0.3) is 0 Å². The van der Waals surface area contributed by atoms with Gasteiger partial charge in [0, 0.05) is 25.8 Å². The molecule has 1 aromatic rings. The quantitative estimate of drug-likeness (QED) is 0.776. The average molecular weight is 203 g/mol. The monoisotopic (exact) mass is 203 g/mol. The molecule has 0 aliphatic heterocycles. The van der Waals surface area contributed by atoms with E-state index in [4.69, 9.17) is 0 Å². The van der Waals surface area contributed by atoms with Crippen LogP contribution in [0.4, 0.5) is 8.78 Å². The number of halogens is 2. The van der Waals surface area contributed by atoms with Crippen molar-refractivity contribution in [2.45, 2.75) is 24.9 Å². The lowest BCUT2D eigenvalue weighted by atomic mass is 9.77. The Bertz CT molecular complexity index is 331.